The maximum atomic E-state index is 10.5. The normalized spacial score (nSPS) is 23.7. The molecule has 1 aliphatic rings. The number of fused-ring (bicyclic) bond motifs is 1. The Morgan fingerprint density at radius 1 is 1.42 bits per heavy atom. The summed E-state index contributed by atoms with van der Waals surface area (Å²) >= 11 is 0. The molecule has 0 unspecified atom stereocenters. The predicted octanol–water partition coefficient (Wildman–Crippen LogP) is -8.09. The number of rotatable bonds is 4. The van der Waals surface area contributed by atoms with Gasteiger partial charge in [-0.1, -0.05) is 0 Å². The van der Waals surface area contributed by atoms with E-state index in [4.69, 9.17) is 10.5 Å². The smallest absolute Gasteiger partial charge is 0.790 e. The van der Waals surface area contributed by atoms with Crippen molar-refractivity contribution in [3.05, 3.63) is 12.7 Å². The van der Waals surface area contributed by atoms with Gasteiger partial charge < -0.3 is 34.5 Å². The molecule has 3 atom stereocenters. The van der Waals surface area contributed by atoms with Crippen molar-refractivity contribution in [2.45, 2.75) is 24.9 Å². The van der Waals surface area contributed by atoms with Crippen LogP contribution in [0.15, 0.2) is 12.7 Å². The van der Waals surface area contributed by atoms with Crippen LogP contribution < -0.4 is 74.6 Å². The van der Waals surface area contributed by atoms with E-state index in [9.17, 15) is 19.5 Å². The van der Waals surface area contributed by atoms with Crippen molar-refractivity contribution in [2.24, 2.45) is 0 Å². The maximum absolute atomic E-state index is 10.5. The van der Waals surface area contributed by atoms with Gasteiger partial charge in [-0.2, -0.15) is 0 Å². The Kier molecular flexibility index (Phi) is 8.27. The zero-order chi connectivity index (χ0) is 15.9. The minimum Gasteiger partial charge on any atom is -0.790 e. The van der Waals surface area contributed by atoms with Gasteiger partial charge in [0, 0.05) is 6.42 Å². The number of imidazole rings is 1. The molecule has 0 saturated carbocycles. The van der Waals surface area contributed by atoms with Crippen LogP contribution in [-0.4, -0.2) is 43.4 Å². The zero-order valence-corrected chi connectivity index (χ0v) is 18.0. The molecule has 24 heavy (non-hydrogen) atoms. The number of ether oxygens (including phenoxy) is 1. The fraction of sp³-hybridized carbons (Fsp3) is 0.500. The number of phosphoric ester groups is 1. The third-order valence-corrected chi connectivity index (χ3v) is 3.76. The second-order valence-corrected chi connectivity index (χ2v) is 5.91. The van der Waals surface area contributed by atoms with Crippen molar-refractivity contribution >= 4 is 24.8 Å². The molecule has 3 N–H and O–H groups in total. The predicted molar refractivity (Wildman–Crippen MR) is 67.8 cm³/mol. The van der Waals surface area contributed by atoms with E-state index in [1.165, 1.54) is 12.7 Å². The number of anilines is 1. The molecule has 1 aliphatic heterocycles. The maximum Gasteiger partial charge on any atom is 1.00 e. The molecule has 11 nitrogen and oxygen atoms in total. The fourth-order valence-corrected chi connectivity index (χ4v) is 2.61. The van der Waals surface area contributed by atoms with Crippen molar-refractivity contribution in [3.63, 3.8) is 0 Å². The van der Waals surface area contributed by atoms with Gasteiger partial charge in [0.15, 0.2) is 11.5 Å². The second kappa shape index (κ2) is 8.85. The molecule has 0 radical (unpaired) electrons. The van der Waals surface area contributed by atoms with Crippen molar-refractivity contribution < 1.29 is 87.8 Å². The van der Waals surface area contributed by atoms with Crippen LogP contribution in [-0.2, 0) is 13.8 Å². The van der Waals surface area contributed by atoms with E-state index in [-0.39, 0.29) is 71.4 Å². The molecule has 1 saturated heterocycles. The number of nitrogen functional groups attached to an aromatic ring is 1. The van der Waals surface area contributed by atoms with E-state index < -0.39 is 32.9 Å². The van der Waals surface area contributed by atoms with Gasteiger partial charge in [0.05, 0.1) is 26.9 Å². The van der Waals surface area contributed by atoms with Crippen LogP contribution in [0.5, 0.6) is 0 Å². The van der Waals surface area contributed by atoms with Gasteiger partial charge in [-0.3, -0.25) is 4.57 Å². The first kappa shape index (κ1) is 22.4. The van der Waals surface area contributed by atoms with Crippen LogP contribution in [0.3, 0.4) is 0 Å². The quantitative estimate of drug-likeness (QED) is 0.386. The van der Waals surface area contributed by atoms with E-state index in [1.807, 2.05) is 0 Å². The number of nitrogens with zero attached hydrogens (tertiary/aromatic N) is 4. The van der Waals surface area contributed by atoms with Crippen molar-refractivity contribution in [3.8, 4) is 0 Å². The van der Waals surface area contributed by atoms with Crippen LogP contribution in [0.4, 0.5) is 5.82 Å². The summed E-state index contributed by atoms with van der Waals surface area (Å²) < 4.78 is 21.7. The molecule has 0 spiro atoms. The van der Waals surface area contributed by atoms with E-state index in [0.29, 0.717) is 11.2 Å². The number of nitrogens with two attached hydrogens (primary N) is 1. The summed E-state index contributed by atoms with van der Waals surface area (Å²) in [6.07, 6.45) is 0.285. The van der Waals surface area contributed by atoms with E-state index in [2.05, 4.69) is 19.5 Å². The standard InChI is InChI=1S/C10H14N5O6P.2Na/c11-9-8-10(13-3-12-9)15(4-14-8)7-1-5(16)6(21-7)2-20-22(17,18)19;;/h3-7,16H,1-2H2,(H2,11,12,13)(H2,17,18,19);;/q;2*+1/p-2/t5-,6-,7-;;/m1../s1. The molecular weight excluding hydrogens is 363 g/mol. The molecular formula is C10H12N5Na2O6P. The molecule has 0 aromatic carbocycles. The SMILES string of the molecule is Nc1ncnc2c1ncn2[C@H]1C[C@@H](O)[C@@H](COP(=O)([O-])[O-])O1.[Na+].[Na+]. The molecule has 2 aromatic heterocycles. The summed E-state index contributed by atoms with van der Waals surface area (Å²) in [7, 11) is -5.12. The molecule has 2 aromatic rings. The summed E-state index contributed by atoms with van der Waals surface area (Å²) in [5, 5.41) is 9.89. The molecule has 1 fully saturated rings. The van der Waals surface area contributed by atoms with Gasteiger partial charge in [-0.05, 0) is 0 Å². The number of hydrogen-bond acceptors (Lipinski definition) is 10. The molecule has 14 heteroatoms. The Morgan fingerprint density at radius 3 is 2.79 bits per heavy atom. The molecule has 0 bridgehead atoms. The Labute approximate surface area is 180 Å². The summed E-state index contributed by atoms with van der Waals surface area (Å²) in [6, 6.07) is 0. The topological polar surface area (TPSA) is 172 Å². The van der Waals surface area contributed by atoms with Gasteiger partial charge in [0.2, 0.25) is 0 Å². The first-order valence-electron chi connectivity index (χ1n) is 6.28. The molecule has 0 aliphatic carbocycles. The van der Waals surface area contributed by atoms with Gasteiger partial charge in [0.1, 0.15) is 24.2 Å². The number of hydrogen-bond donors (Lipinski definition) is 2. The minimum absolute atomic E-state index is 0. The van der Waals surface area contributed by atoms with Gasteiger partial charge in [-0.15, -0.1) is 0 Å². The minimum atomic E-state index is -5.12. The Morgan fingerprint density at radius 2 is 2.12 bits per heavy atom. The van der Waals surface area contributed by atoms with Gasteiger partial charge >= 0.3 is 59.1 Å². The van der Waals surface area contributed by atoms with E-state index in [1.54, 1.807) is 4.57 Å². The van der Waals surface area contributed by atoms with Crippen molar-refractivity contribution in [2.75, 3.05) is 12.3 Å². The van der Waals surface area contributed by atoms with E-state index >= 15 is 0 Å². The average Bonchev–Trinajstić information content (AvgIpc) is 3.00. The van der Waals surface area contributed by atoms with E-state index in [0.717, 1.165) is 0 Å². The summed E-state index contributed by atoms with van der Waals surface area (Å²) in [5.74, 6) is 0.209. The second-order valence-electron chi connectivity index (χ2n) is 4.76. The zero-order valence-electron chi connectivity index (χ0n) is 13.1. The van der Waals surface area contributed by atoms with Crippen LogP contribution in [0.2, 0.25) is 0 Å². The van der Waals surface area contributed by atoms with Crippen molar-refractivity contribution in [1.82, 2.24) is 19.5 Å². The largest absolute Gasteiger partial charge is 1.00 e. The third kappa shape index (κ3) is 4.97. The van der Waals surface area contributed by atoms with Crippen LogP contribution in [0, 0.1) is 0 Å². The summed E-state index contributed by atoms with van der Waals surface area (Å²) in [6.45, 7) is -0.550. The average molecular weight is 375 g/mol. The number of aliphatic hydroxyl groups excluding tert-OH is 1. The molecule has 0 amide bonds. The Bertz CT molecular complexity index is 742. The summed E-state index contributed by atoms with van der Waals surface area (Å²) in [4.78, 5) is 32.9. The number of aliphatic hydroxyl groups is 1. The van der Waals surface area contributed by atoms with Crippen LogP contribution in [0.1, 0.15) is 12.6 Å². The summed E-state index contributed by atoms with van der Waals surface area (Å²) in [5.41, 5.74) is 6.49. The first-order chi connectivity index (χ1) is 10.3. The number of aromatic nitrogens is 4. The van der Waals surface area contributed by atoms with Crippen LogP contribution >= 0.6 is 7.82 Å². The number of phosphoric acid groups is 1. The third-order valence-electron chi connectivity index (χ3n) is 3.30. The van der Waals surface area contributed by atoms with Crippen molar-refractivity contribution in [1.29, 1.82) is 0 Å². The monoisotopic (exact) mass is 375 g/mol. The Balaban J connectivity index is 0.00000144. The first-order valence-corrected chi connectivity index (χ1v) is 7.74. The molecule has 3 rings (SSSR count). The molecule has 120 valence electrons. The van der Waals surface area contributed by atoms with Gasteiger partial charge in [-0.25, -0.2) is 15.0 Å². The van der Waals surface area contributed by atoms with Gasteiger partial charge in [0.25, 0.3) is 0 Å². The molecule has 3 heterocycles. The Hall–Kier alpha value is 0.380. The van der Waals surface area contributed by atoms with Crippen LogP contribution in [0.25, 0.3) is 11.2 Å². The fourth-order valence-electron chi connectivity index (χ4n) is 2.28.